The molecule has 0 atom stereocenters. The SMILES string of the molecule is CCOC(=O)CCCCCNC(=O)CCCOc1ccc(Cl)cc1Cl. The van der Waals surface area contributed by atoms with E-state index in [-0.39, 0.29) is 11.9 Å². The van der Waals surface area contributed by atoms with E-state index in [9.17, 15) is 9.59 Å². The van der Waals surface area contributed by atoms with Gasteiger partial charge in [0.15, 0.2) is 0 Å². The van der Waals surface area contributed by atoms with Crippen LogP contribution >= 0.6 is 23.2 Å². The van der Waals surface area contributed by atoms with Crippen LogP contribution in [0, 0.1) is 0 Å². The molecule has 1 amide bonds. The van der Waals surface area contributed by atoms with Gasteiger partial charge < -0.3 is 14.8 Å². The Hall–Kier alpha value is -1.46. The Bertz CT molecular complexity index is 552. The molecule has 25 heavy (non-hydrogen) atoms. The van der Waals surface area contributed by atoms with Crippen LogP contribution in [0.2, 0.25) is 10.0 Å². The Labute approximate surface area is 159 Å². The molecule has 0 aliphatic heterocycles. The third-order valence-electron chi connectivity index (χ3n) is 3.38. The van der Waals surface area contributed by atoms with E-state index >= 15 is 0 Å². The van der Waals surface area contributed by atoms with Gasteiger partial charge in [0.25, 0.3) is 0 Å². The van der Waals surface area contributed by atoms with Gasteiger partial charge in [0, 0.05) is 24.4 Å². The number of benzene rings is 1. The molecule has 1 rings (SSSR count). The van der Waals surface area contributed by atoms with Crippen molar-refractivity contribution < 1.29 is 19.1 Å². The summed E-state index contributed by atoms with van der Waals surface area (Å²) >= 11 is 11.8. The first-order chi connectivity index (χ1) is 12.0. The summed E-state index contributed by atoms with van der Waals surface area (Å²) in [6, 6.07) is 5.03. The Morgan fingerprint density at radius 1 is 1.08 bits per heavy atom. The van der Waals surface area contributed by atoms with Crippen molar-refractivity contribution in [2.24, 2.45) is 0 Å². The molecule has 0 radical (unpaired) electrons. The van der Waals surface area contributed by atoms with Gasteiger partial charge in [-0.1, -0.05) is 29.6 Å². The van der Waals surface area contributed by atoms with Crippen molar-refractivity contribution >= 4 is 35.1 Å². The number of amides is 1. The average molecular weight is 390 g/mol. The fourth-order valence-electron chi connectivity index (χ4n) is 2.13. The second kappa shape index (κ2) is 12.8. The average Bonchev–Trinajstić information content (AvgIpc) is 2.56. The van der Waals surface area contributed by atoms with Gasteiger partial charge in [0.1, 0.15) is 5.75 Å². The molecule has 0 heterocycles. The Morgan fingerprint density at radius 2 is 1.88 bits per heavy atom. The molecule has 0 aliphatic carbocycles. The fraction of sp³-hybridized carbons (Fsp3) is 0.556. The molecule has 5 nitrogen and oxygen atoms in total. The van der Waals surface area contributed by atoms with Gasteiger partial charge in [-0.2, -0.15) is 0 Å². The van der Waals surface area contributed by atoms with Gasteiger partial charge in [0.05, 0.1) is 18.2 Å². The van der Waals surface area contributed by atoms with Gasteiger partial charge in [0.2, 0.25) is 5.91 Å². The number of halogens is 2. The normalized spacial score (nSPS) is 10.4. The molecule has 1 aromatic carbocycles. The topological polar surface area (TPSA) is 64.6 Å². The second-order valence-corrected chi connectivity index (χ2v) is 6.34. The summed E-state index contributed by atoms with van der Waals surface area (Å²) in [4.78, 5) is 22.9. The van der Waals surface area contributed by atoms with E-state index < -0.39 is 0 Å². The van der Waals surface area contributed by atoms with Gasteiger partial charge in [-0.3, -0.25) is 9.59 Å². The molecule has 0 aliphatic rings. The molecule has 1 aromatic rings. The molecule has 0 unspecified atom stereocenters. The molecular formula is C18H25Cl2NO4. The van der Waals surface area contributed by atoms with Crippen LogP contribution in [0.15, 0.2) is 18.2 Å². The van der Waals surface area contributed by atoms with Crippen molar-refractivity contribution in [2.45, 2.75) is 45.4 Å². The zero-order valence-corrected chi connectivity index (χ0v) is 16.0. The minimum absolute atomic E-state index is 0.00352. The number of ether oxygens (including phenoxy) is 2. The highest BCUT2D eigenvalue weighted by Gasteiger charge is 2.05. The smallest absolute Gasteiger partial charge is 0.305 e. The van der Waals surface area contributed by atoms with Gasteiger partial charge in [-0.15, -0.1) is 0 Å². The van der Waals surface area contributed by atoms with Crippen LogP contribution in [0.5, 0.6) is 5.75 Å². The predicted octanol–water partition coefficient (Wildman–Crippen LogP) is 4.39. The van der Waals surface area contributed by atoms with E-state index in [2.05, 4.69) is 5.32 Å². The molecule has 0 saturated heterocycles. The lowest BCUT2D eigenvalue weighted by Gasteiger charge is -2.08. The van der Waals surface area contributed by atoms with Crippen LogP contribution in [-0.2, 0) is 14.3 Å². The number of nitrogens with one attached hydrogen (secondary N) is 1. The number of unbranched alkanes of at least 4 members (excludes halogenated alkanes) is 2. The maximum absolute atomic E-state index is 11.7. The molecule has 0 spiro atoms. The third-order valence-corrected chi connectivity index (χ3v) is 3.92. The highest BCUT2D eigenvalue weighted by Crippen LogP contribution is 2.27. The molecule has 140 valence electrons. The summed E-state index contributed by atoms with van der Waals surface area (Å²) in [5.74, 6) is 0.400. The minimum Gasteiger partial charge on any atom is -0.492 e. The maximum atomic E-state index is 11.7. The van der Waals surface area contributed by atoms with Crippen molar-refractivity contribution in [3.05, 3.63) is 28.2 Å². The van der Waals surface area contributed by atoms with Crippen LogP contribution in [-0.4, -0.2) is 31.6 Å². The fourth-order valence-corrected chi connectivity index (χ4v) is 2.59. The largest absolute Gasteiger partial charge is 0.492 e. The first-order valence-electron chi connectivity index (χ1n) is 8.53. The van der Waals surface area contributed by atoms with Crippen LogP contribution in [0.3, 0.4) is 0 Å². The molecule has 0 fully saturated rings. The number of esters is 1. The molecular weight excluding hydrogens is 365 g/mol. The number of carbonyl (C=O) groups is 2. The lowest BCUT2D eigenvalue weighted by Crippen LogP contribution is -2.24. The Morgan fingerprint density at radius 3 is 2.60 bits per heavy atom. The zero-order chi connectivity index (χ0) is 18.5. The summed E-state index contributed by atoms with van der Waals surface area (Å²) < 4.78 is 10.4. The molecule has 7 heteroatoms. The van der Waals surface area contributed by atoms with Crippen molar-refractivity contribution in [2.75, 3.05) is 19.8 Å². The van der Waals surface area contributed by atoms with E-state index in [0.717, 1.165) is 19.3 Å². The van der Waals surface area contributed by atoms with Crippen LogP contribution in [0.25, 0.3) is 0 Å². The molecule has 0 saturated carbocycles. The van der Waals surface area contributed by atoms with Crippen molar-refractivity contribution in [1.82, 2.24) is 5.32 Å². The van der Waals surface area contributed by atoms with Crippen molar-refractivity contribution in [3.63, 3.8) is 0 Å². The first-order valence-corrected chi connectivity index (χ1v) is 9.28. The number of hydrogen-bond acceptors (Lipinski definition) is 4. The summed E-state index contributed by atoms with van der Waals surface area (Å²) in [6.45, 7) is 3.24. The standard InChI is InChI=1S/C18H25Cl2NO4/c1-2-24-18(23)8-4-3-5-11-21-17(22)7-6-12-25-16-10-9-14(19)13-15(16)20/h9-10,13H,2-8,11-12H2,1H3,(H,21,22). The highest BCUT2D eigenvalue weighted by atomic mass is 35.5. The Balaban J connectivity index is 2.01. The van der Waals surface area contributed by atoms with E-state index in [4.69, 9.17) is 32.7 Å². The molecule has 1 N–H and O–H groups in total. The van der Waals surface area contributed by atoms with Crippen LogP contribution < -0.4 is 10.1 Å². The quantitative estimate of drug-likeness (QED) is 0.425. The van der Waals surface area contributed by atoms with E-state index in [1.54, 1.807) is 25.1 Å². The number of carbonyl (C=O) groups excluding carboxylic acids is 2. The predicted molar refractivity (Wildman–Crippen MR) is 99.3 cm³/mol. The third kappa shape index (κ3) is 10.2. The lowest BCUT2D eigenvalue weighted by atomic mass is 10.2. The number of rotatable bonds is 12. The maximum Gasteiger partial charge on any atom is 0.305 e. The summed E-state index contributed by atoms with van der Waals surface area (Å²) in [6.07, 6.45) is 3.96. The summed E-state index contributed by atoms with van der Waals surface area (Å²) in [7, 11) is 0. The van der Waals surface area contributed by atoms with Gasteiger partial charge in [-0.05, 0) is 44.4 Å². The van der Waals surface area contributed by atoms with Crippen molar-refractivity contribution in [1.29, 1.82) is 0 Å². The molecule has 0 aromatic heterocycles. The Kier molecular flexibility index (Phi) is 11.1. The molecule has 0 bridgehead atoms. The summed E-state index contributed by atoms with van der Waals surface area (Å²) in [5.41, 5.74) is 0. The number of hydrogen-bond donors (Lipinski definition) is 1. The van der Waals surface area contributed by atoms with Crippen LogP contribution in [0.4, 0.5) is 0 Å². The zero-order valence-electron chi connectivity index (χ0n) is 14.5. The van der Waals surface area contributed by atoms with E-state index in [0.29, 0.717) is 54.8 Å². The van der Waals surface area contributed by atoms with Gasteiger partial charge >= 0.3 is 5.97 Å². The van der Waals surface area contributed by atoms with Gasteiger partial charge in [-0.25, -0.2) is 0 Å². The lowest BCUT2D eigenvalue weighted by molar-refractivity contribution is -0.143. The van der Waals surface area contributed by atoms with Crippen LogP contribution in [0.1, 0.15) is 45.4 Å². The highest BCUT2D eigenvalue weighted by molar-refractivity contribution is 6.35. The minimum atomic E-state index is -0.160. The second-order valence-electron chi connectivity index (χ2n) is 5.49. The van der Waals surface area contributed by atoms with E-state index in [1.165, 1.54) is 0 Å². The monoisotopic (exact) mass is 389 g/mol. The summed E-state index contributed by atoms with van der Waals surface area (Å²) in [5, 5.41) is 3.87. The van der Waals surface area contributed by atoms with E-state index in [1.807, 2.05) is 0 Å². The first kappa shape index (κ1) is 21.6. The van der Waals surface area contributed by atoms with Crippen molar-refractivity contribution in [3.8, 4) is 5.75 Å².